The molecule has 0 saturated heterocycles. The minimum absolute atomic E-state index is 0.0756. The molecule has 0 fully saturated rings. The minimum atomic E-state index is -0.291. The van der Waals surface area contributed by atoms with Crippen molar-refractivity contribution in [1.29, 1.82) is 0 Å². The fourth-order valence-corrected chi connectivity index (χ4v) is 3.54. The van der Waals surface area contributed by atoms with E-state index < -0.39 is 0 Å². The number of hydrogen-bond acceptors (Lipinski definition) is 6. The number of rotatable bonds is 8. The zero-order chi connectivity index (χ0) is 23.9. The summed E-state index contributed by atoms with van der Waals surface area (Å²) < 4.78 is 0. The number of hydrazine groups is 2. The van der Waals surface area contributed by atoms with Gasteiger partial charge in [0.2, 0.25) is 0 Å². The van der Waals surface area contributed by atoms with Gasteiger partial charge in [-0.15, -0.1) is 0 Å². The minimum Gasteiger partial charge on any atom is -0.507 e. The Morgan fingerprint density at radius 3 is 1.82 bits per heavy atom. The molecule has 2 amide bonds. The van der Waals surface area contributed by atoms with E-state index in [1.807, 2.05) is 18.2 Å². The van der Waals surface area contributed by atoms with Crippen molar-refractivity contribution in [2.45, 2.75) is 13.1 Å². The smallest absolute Gasteiger partial charge is 0.265 e. The number of phenols is 2. The monoisotopic (exact) mass is 456 g/mol. The van der Waals surface area contributed by atoms with E-state index >= 15 is 0 Å². The normalized spacial score (nSPS) is 10.7. The van der Waals surface area contributed by atoms with Gasteiger partial charge in [0.15, 0.2) is 0 Å². The SMILES string of the molecule is O=C(NNCc1cc(O)c2c(O)c(CNNC(=O)c3ccccc3)ccc2c1)c1ccccc1. The largest absolute Gasteiger partial charge is 0.507 e. The van der Waals surface area contributed by atoms with Crippen molar-refractivity contribution < 1.29 is 19.8 Å². The quantitative estimate of drug-likeness (QED) is 0.227. The topological polar surface area (TPSA) is 123 Å². The van der Waals surface area contributed by atoms with Crippen molar-refractivity contribution in [3.8, 4) is 11.5 Å². The fourth-order valence-electron chi connectivity index (χ4n) is 3.54. The summed E-state index contributed by atoms with van der Waals surface area (Å²) >= 11 is 0. The number of carbonyl (C=O) groups is 2. The van der Waals surface area contributed by atoms with Gasteiger partial charge < -0.3 is 10.2 Å². The molecule has 6 N–H and O–H groups in total. The van der Waals surface area contributed by atoms with Gasteiger partial charge in [-0.2, -0.15) is 0 Å². The first-order valence-electron chi connectivity index (χ1n) is 10.7. The molecule has 0 radical (unpaired) electrons. The molecule has 34 heavy (non-hydrogen) atoms. The van der Waals surface area contributed by atoms with E-state index in [0.29, 0.717) is 27.5 Å². The molecule has 0 unspecified atom stereocenters. The van der Waals surface area contributed by atoms with Gasteiger partial charge in [-0.1, -0.05) is 48.5 Å². The molecule has 0 aliphatic rings. The van der Waals surface area contributed by atoms with Gasteiger partial charge in [-0.3, -0.25) is 20.4 Å². The molecule has 4 aromatic carbocycles. The molecule has 0 atom stereocenters. The van der Waals surface area contributed by atoms with Crippen LogP contribution in [0.5, 0.6) is 11.5 Å². The van der Waals surface area contributed by atoms with Gasteiger partial charge in [-0.05, 0) is 47.3 Å². The third kappa shape index (κ3) is 5.32. The second-order valence-electron chi connectivity index (χ2n) is 7.63. The molecule has 4 rings (SSSR count). The Labute approximate surface area is 196 Å². The van der Waals surface area contributed by atoms with Crippen LogP contribution in [0.3, 0.4) is 0 Å². The van der Waals surface area contributed by atoms with Crippen molar-refractivity contribution in [2.24, 2.45) is 0 Å². The summed E-state index contributed by atoms with van der Waals surface area (Å²) in [6.07, 6.45) is 0. The third-order valence-electron chi connectivity index (χ3n) is 5.26. The predicted octanol–water partition coefficient (Wildman–Crippen LogP) is 3.12. The second kappa shape index (κ2) is 10.5. The van der Waals surface area contributed by atoms with Gasteiger partial charge in [0.05, 0.1) is 5.39 Å². The number of aromatic hydroxyl groups is 2. The maximum Gasteiger partial charge on any atom is 0.265 e. The number of hydrogen-bond donors (Lipinski definition) is 6. The highest BCUT2D eigenvalue weighted by atomic mass is 16.3. The molecule has 0 heterocycles. The van der Waals surface area contributed by atoms with E-state index in [2.05, 4.69) is 21.7 Å². The Hall–Kier alpha value is -4.40. The Balaban J connectivity index is 1.39. The summed E-state index contributed by atoms with van der Waals surface area (Å²) in [6, 6.07) is 24.4. The lowest BCUT2D eigenvalue weighted by molar-refractivity contribution is 0.0924. The summed E-state index contributed by atoms with van der Waals surface area (Å²) in [5.74, 6) is -0.718. The molecule has 0 aromatic heterocycles. The zero-order valence-electron chi connectivity index (χ0n) is 18.2. The van der Waals surface area contributed by atoms with E-state index in [4.69, 9.17) is 0 Å². The summed E-state index contributed by atoms with van der Waals surface area (Å²) in [4.78, 5) is 24.2. The van der Waals surface area contributed by atoms with E-state index in [9.17, 15) is 19.8 Å². The van der Waals surface area contributed by atoms with Crippen LogP contribution < -0.4 is 21.7 Å². The predicted molar refractivity (Wildman–Crippen MR) is 129 cm³/mol. The molecule has 0 aliphatic carbocycles. The van der Waals surface area contributed by atoms with Crippen LogP contribution in [-0.4, -0.2) is 22.0 Å². The van der Waals surface area contributed by atoms with Gasteiger partial charge in [0.25, 0.3) is 11.8 Å². The second-order valence-corrected chi connectivity index (χ2v) is 7.63. The average molecular weight is 457 g/mol. The lowest BCUT2D eigenvalue weighted by Gasteiger charge is -2.13. The Bertz CT molecular complexity index is 1310. The molecule has 172 valence electrons. The Kier molecular flexibility index (Phi) is 7.02. The molecular weight excluding hydrogens is 432 g/mol. The van der Waals surface area contributed by atoms with Crippen LogP contribution in [0.4, 0.5) is 0 Å². The average Bonchev–Trinajstić information content (AvgIpc) is 2.86. The third-order valence-corrected chi connectivity index (χ3v) is 5.26. The first kappa shape index (κ1) is 22.8. The van der Waals surface area contributed by atoms with E-state index in [-0.39, 0.29) is 36.4 Å². The number of phenolic OH excluding ortho intramolecular Hbond substituents is 2. The Morgan fingerprint density at radius 1 is 0.676 bits per heavy atom. The molecule has 0 bridgehead atoms. The van der Waals surface area contributed by atoms with Crippen LogP contribution in [0.1, 0.15) is 31.8 Å². The van der Waals surface area contributed by atoms with Gasteiger partial charge in [0.1, 0.15) is 11.5 Å². The summed E-state index contributed by atoms with van der Waals surface area (Å²) in [5.41, 5.74) is 13.1. The van der Waals surface area contributed by atoms with Crippen LogP contribution in [0.25, 0.3) is 10.8 Å². The first-order valence-corrected chi connectivity index (χ1v) is 10.7. The van der Waals surface area contributed by atoms with Gasteiger partial charge >= 0.3 is 0 Å². The summed E-state index contributed by atoms with van der Waals surface area (Å²) in [7, 11) is 0. The highest BCUT2D eigenvalue weighted by Gasteiger charge is 2.13. The van der Waals surface area contributed by atoms with Gasteiger partial charge in [-0.25, -0.2) is 10.9 Å². The molecule has 0 spiro atoms. The molecule has 0 aliphatic heterocycles. The van der Waals surface area contributed by atoms with Gasteiger partial charge in [0, 0.05) is 29.8 Å². The van der Waals surface area contributed by atoms with Crippen molar-refractivity contribution in [3.05, 3.63) is 107 Å². The number of carbonyl (C=O) groups excluding carboxylic acids is 2. The molecule has 8 heteroatoms. The van der Waals surface area contributed by atoms with Crippen molar-refractivity contribution >= 4 is 22.6 Å². The highest BCUT2D eigenvalue weighted by molar-refractivity contribution is 5.95. The van der Waals surface area contributed by atoms with Crippen LogP contribution >= 0.6 is 0 Å². The maximum atomic E-state index is 12.1. The summed E-state index contributed by atoms with van der Waals surface area (Å²) in [6.45, 7) is 0.437. The number of nitrogens with one attached hydrogen (secondary N) is 4. The Morgan fingerprint density at radius 2 is 1.24 bits per heavy atom. The van der Waals surface area contributed by atoms with E-state index in [0.717, 1.165) is 5.56 Å². The first-order chi connectivity index (χ1) is 16.5. The molecule has 8 nitrogen and oxygen atoms in total. The van der Waals surface area contributed by atoms with Crippen molar-refractivity contribution in [3.63, 3.8) is 0 Å². The number of benzene rings is 4. The fraction of sp³-hybridized carbons (Fsp3) is 0.0769. The molecule has 4 aromatic rings. The molecular formula is C26H24N4O4. The van der Waals surface area contributed by atoms with E-state index in [1.165, 1.54) is 6.07 Å². The number of fused-ring (bicyclic) bond motifs is 1. The van der Waals surface area contributed by atoms with E-state index in [1.54, 1.807) is 60.7 Å². The van der Waals surface area contributed by atoms with Crippen LogP contribution in [0, 0.1) is 0 Å². The van der Waals surface area contributed by atoms with Crippen molar-refractivity contribution in [2.75, 3.05) is 0 Å². The van der Waals surface area contributed by atoms with Crippen LogP contribution in [0.2, 0.25) is 0 Å². The van der Waals surface area contributed by atoms with Crippen LogP contribution in [0.15, 0.2) is 84.9 Å². The lowest BCUT2D eigenvalue weighted by Crippen LogP contribution is -2.36. The lowest BCUT2D eigenvalue weighted by atomic mass is 10.0. The zero-order valence-corrected chi connectivity index (χ0v) is 18.2. The van der Waals surface area contributed by atoms with Crippen LogP contribution in [-0.2, 0) is 13.1 Å². The summed E-state index contributed by atoms with van der Waals surface area (Å²) in [5, 5.41) is 22.2. The number of amides is 2. The standard InChI is InChI=1S/C26H24N4O4/c31-22-14-17(15-27-29-25(33)18-7-3-1-4-8-18)13-20-11-12-21(24(32)23(20)22)16-28-30-26(34)19-9-5-2-6-10-19/h1-14,27-28,31-32H,15-16H2,(H,29,33)(H,30,34). The molecule has 0 saturated carbocycles. The van der Waals surface area contributed by atoms with Crippen molar-refractivity contribution in [1.82, 2.24) is 21.7 Å². The maximum absolute atomic E-state index is 12.1. The highest BCUT2D eigenvalue weighted by Crippen LogP contribution is 2.36.